The number of rotatable bonds is 6. The quantitative estimate of drug-likeness (QED) is 0.494. The Bertz CT molecular complexity index is 811. The third-order valence-corrected chi connectivity index (χ3v) is 3.94. The highest BCUT2D eigenvalue weighted by Crippen LogP contribution is 2.28. The summed E-state index contributed by atoms with van der Waals surface area (Å²) in [4.78, 5) is 14.6. The number of nitrogens with two attached hydrogens (primary N) is 1. The number of nitrogen functional groups attached to an aromatic ring is 1. The van der Waals surface area contributed by atoms with E-state index in [0.717, 1.165) is 11.3 Å². The zero-order chi connectivity index (χ0) is 18.6. The Morgan fingerprint density at radius 3 is 2.36 bits per heavy atom. The van der Waals surface area contributed by atoms with Crippen molar-refractivity contribution in [2.24, 2.45) is 0 Å². The molecule has 0 aliphatic carbocycles. The van der Waals surface area contributed by atoms with E-state index in [1.165, 1.54) is 0 Å². The fraction of sp³-hybridized carbons (Fsp3) is 0.250. The van der Waals surface area contributed by atoms with Gasteiger partial charge in [-0.2, -0.15) is 0 Å². The topological polar surface area (TPSA) is 64.8 Å². The molecule has 0 spiro atoms. The van der Waals surface area contributed by atoms with Gasteiger partial charge in [0, 0.05) is 25.2 Å². The summed E-state index contributed by atoms with van der Waals surface area (Å²) in [5.41, 5.74) is 9.42. The van der Waals surface area contributed by atoms with Crippen LogP contribution in [0.4, 0.5) is 11.4 Å². The normalized spacial score (nSPS) is 11.2. The first-order chi connectivity index (χ1) is 11.9. The predicted octanol–water partition coefficient (Wildman–Crippen LogP) is 3.64. The summed E-state index contributed by atoms with van der Waals surface area (Å²) < 4.78 is 10.6. The monoisotopic (exact) mass is 340 g/mol. The van der Waals surface area contributed by atoms with Crippen LogP contribution in [0.3, 0.4) is 0 Å². The first-order valence-corrected chi connectivity index (χ1v) is 7.89. The number of ether oxygens (including phenoxy) is 2. The number of methoxy groups -OCH3 is 2. The molecule has 0 fully saturated rings. The molecule has 5 nitrogen and oxygen atoms in total. The number of ketones is 1. The minimum Gasteiger partial charge on any atom is -0.497 e. The van der Waals surface area contributed by atoms with Crippen LogP contribution in [0.2, 0.25) is 0 Å². The lowest BCUT2D eigenvalue weighted by molar-refractivity contribution is 0.103. The number of hydrogen-bond donors (Lipinski definition) is 1. The van der Waals surface area contributed by atoms with Gasteiger partial charge in [0.2, 0.25) is 0 Å². The average Bonchev–Trinajstić information content (AvgIpc) is 2.60. The molecule has 132 valence electrons. The molecule has 2 rings (SSSR count). The van der Waals surface area contributed by atoms with Crippen LogP contribution in [0.1, 0.15) is 22.8 Å². The number of hydrogen-bond acceptors (Lipinski definition) is 5. The molecule has 0 aliphatic rings. The van der Waals surface area contributed by atoms with Crippen molar-refractivity contribution in [3.63, 3.8) is 0 Å². The zero-order valence-electron chi connectivity index (χ0n) is 15.3. The van der Waals surface area contributed by atoms with Gasteiger partial charge in [-0.05, 0) is 55.0 Å². The van der Waals surface area contributed by atoms with Crippen LogP contribution in [0, 0.1) is 0 Å². The van der Waals surface area contributed by atoms with Crippen molar-refractivity contribution in [3.05, 3.63) is 53.1 Å². The van der Waals surface area contributed by atoms with Gasteiger partial charge in [0.25, 0.3) is 0 Å². The van der Waals surface area contributed by atoms with Crippen molar-refractivity contribution in [1.29, 1.82) is 0 Å². The molecular formula is C20H24N2O3. The third kappa shape index (κ3) is 4.12. The molecule has 0 bridgehead atoms. The molecular weight excluding hydrogens is 316 g/mol. The SMILES string of the molecule is COc1ccc(OC)c(/C=C(\C)C(=O)c2ccc(N(C)C)c(N)c2)c1. The van der Waals surface area contributed by atoms with Crippen LogP contribution < -0.4 is 20.1 Å². The fourth-order valence-electron chi connectivity index (χ4n) is 2.58. The lowest BCUT2D eigenvalue weighted by atomic mass is 10.0. The van der Waals surface area contributed by atoms with Crippen LogP contribution >= 0.6 is 0 Å². The van der Waals surface area contributed by atoms with E-state index in [0.29, 0.717) is 28.3 Å². The van der Waals surface area contributed by atoms with Gasteiger partial charge in [-0.1, -0.05) is 0 Å². The van der Waals surface area contributed by atoms with E-state index in [1.54, 1.807) is 39.4 Å². The lowest BCUT2D eigenvalue weighted by Gasteiger charge is -2.15. The maximum Gasteiger partial charge on any atom is 0.188 e. The van der Waals surface area contributed by atoms with Crippen molar-refractivity contribution in [1.82, 2.24) is 0 Å². The number of benzene rings is 2. The standard InChI is InChI=1S/C20H24N2O3/c1-13(10-15-11-16(24-4)7-9-19(15)25-5)20(23)14-6-8-18(22(2)3)17(21)12-14/h6-12H,21H2,1-5H3/b13-10+. The molecule has 0 unspecified atom stereocenters. The number of carbonyl (C=O) groups is 1. The molecule has 0 heterocycles. The molecule has 0 saturated heterocycles. The lowest BCUT2D eigenvalue weighted by Crippen LogP contribution is -2.12. The number of carbonyl (C=O) groups excluding carboxylic acids is 1. The Hall–Kier alpha value is -2.95. The van der Waals surface area contributed by atoms with Crippen molar-refractivity contribution in [2.75, 3.05) is 38.9 Å². The maximum absolute atomic E-state index is 12.7. The molecule has 2 aromatic carbocycles. The van der Waals surface area contributed by atoms with Crippen LogP contribution in [-0.2, 0) is 0 Å². The Balaban J connectivity index is 2.37. The second-order valence-electron chi connectivity index (χ2n) is 5.93. The van der Waals surface area contributed by atoms with Gasteiger partial charge in [-0.3, -0.25) is 4.79 Å². The number of Topliss-reactive ketones (excluding diaryl/α,β-unsaturated/α-hetero) is 1. The third-order valence-electron chi connectivity index (χ3n) is 3.94. The minimum absolute atomic E-state index is 0.0816. The molecule has 2 N–H and O–H groups in total. The van der Waals surface area contributed by atoms with E-state index in [2.05, 4.69) is 0 Å². The predicted molar refractivity (Wildman–Crippen MR) is 103 cm³/mol. The average molecular weight is 340 g/mol. The molecule has 0 aromatic heterocycles. The number of nitrogens with zero attached hydrogens (tertiary/aromatic N) is 1. The zero-order valence-corrected chi connectivity index (χ0v) is 15.3. The highest BCUT2D eigenvalue weighted by Gasteiger charge is 2.12. The van der Waals surface area contributed by atoms with Gasteiger partial charge in [0.05, 0.1) is 25.6 Å². The van der Waals surface area contributed by atoms with Crippen LogP contribution in [0.15, 0.2) is 42.0 Å². The van der Waals surface area contributed by atoms with Gasteiger partial charge in [-0.15, -0.1) is 0 Å². The van der Waals surface area contributed by atoms with Crippen LogP contribution in [0.5, 0.6) is 11.5 Å². The highest BCUT2D eigenvalue weighted by atomic mass is 16.5. The summed E-state index contributed by atoms with van der Waals surface area (Å²) in [6.45, 7) is 1.78. The molecule has 0 aliphatic heterocycles. The van der Waals surface area contributed by atoms with Gasteiger partial charge >= 0.3 is 0 Å². The second kappa shape index (κ2) is 7.75. The van der Waals surface area contributed by atoms with E-state index < -0.39 is 0 Å². The van der Waals surface area contributed by atoms with E-state index in [9.17, 15) is 4.79 Å². The van der Waals surface area contributed by atoms with Crippen molar-refractivity contribution in [2.45, 2.75) is 6.92 Å². The van der Waals surface area contributed by atoms with E-state index in [-0.39, 0.29) is 5.78 Å². The van der Waals surface area contributed by atoms with Gasteiger partial charge in [-0.25, -0.2) is 0 Å². The first-order valence-electron chi connectivity index (χ1n) is 7.89. The molecule has 5 heteroatoms. The fourth-order valence-corrected chi connectivity index (χ4v) is 2.58. The summed E-state index contributed by atoms with van der Waals surface area (Å²) in [6.07, 6.45) is 1.79. The summed E-state index contributed by atoms with van der Waals surface area (Å²) >= 11 is 0. The molecule has 0 atom stereocenters. The van der Waals surface area contributed by atoms with Crippen molar-refractivity contribution in [3.8, 4) is 11.5 Å². The molecule has 0 amide bonds. The van der Waals surface area contributed by atoms with E-state index >= 15 is 0 Å². The Labute approximate surface area is 148 Å². The minimum atomic E-state index is -0.0816. The van der Waals surface area contributed by atoms with Gasteiger partial charge < -0.3 is 20.1 Å². The Morgan fingerprint density at radius 1 is 1.08 bits per heavy atom. The van der Waals surface area contributed by atoms with Crippen molar-refractivity contribution < 1.29 is 14.3 Å². The number of allylic oxidation sites excluding steroid dienone is 1. The maximum atomic E-state index is 12.7. The summed E-state index contributed by atoms with van der Waals surface area (Å²) in [6, 6.07) is 10.8. The number of anilines is 2. The van der Waals surface area contributed by atoms with Gasteiger partial charge in [0.15, 0.2) is 5.78 Å². The van der Waals surface area contributed by atoms with Crippen molar-refractivity contribution >= 4 is 23.2 Å². The highest BCUT2D eigenvalue weighted by molar-refractivity contribution is 6.11. The largest absolute Gasteiger partial charge is 0.497 e. The summed E-state index contributed by atoms with van der Waals surface area (Å²) in [5.74, 6) is 1.30. The second-order valence-corrected chi connectivity index (χ2v) is 5.93. The van der Waals surface area contributed by atoms with Gasteiger partial charge in [0.1, 0.15) is 11.5 Å². The summed E-state index contributed by atoms with van der Waals surface area (Å²) in [7, 11) is 7.01. The molecule has 25 heavy (non-hydrogen) atoms. The molecule has 0 saturated carbocycles. The van der Waals surface area contributed by atoms with Crippen LogP contribution in [0.25, 0.3) is 6.08 Å². The van der Waals surface area contributed by atoms with Crippen LogP contribution in [-0.4, -0.2) is 34.1 Å². The Morgan fingerprint density at radius 2 is 1.80 bits per heavy atom. The molecule has 0 radical (unpaired) electrons. The van der Waals surface area contributed by atoms with E-state index in [1.807, 2.05) is 43.3 Å². The first kappa shape index (κ1) is 18.4. The Kier molecular flexibility index (Phi) is 5.70. The smallest absolute Gasteiger partial charge is 0.188 e. The summed E-state index contributed by atoms with van der Waals surface area (Å²) in [5, 5.41) is 0. The van der Waals surface area contributed by atoms with E-state index in [4.69, 9.17) is 15.2 Å². The molecule has 2 aromatic rings.